The van der Waals surface area contributed by atoms with Crippen LogP contribution in [0.25, 0.3) is 11.1 Å². The molecule has 0 aliphatic carbocycles. The van der Waals surface area contributed by atoms with Crippen LogP contribution in [0, 0.1) is 6.92 Å². The first-order valence-electron chi connectivity index (χ1n) is 8.36. The maximum absolute atomic E-state index is 12.8. The number of oxime groups is 1. The van der Waals surface area contributed by atoms with Crippen LogP contribution in [0.4, 0.5) is 0 Å². The zero-order chi connectivity index (χ0) is 18.7. The lowest BCUT2D eigenvalue weighted by Gasteiger charge is -2.21. The van der Waals surface area contributed by atoms with Gasteiger partial charge in [0.25, 0.3) is 5.91 Å². The van der Waals surface area contributed by atoms with Crippen molar-refractivity contribution in [2.75, 3.05) is 13.7 Å². The molecule has 1 aliphatic heterocycles. The maximum Gasteiger partial charge on any atom is 0.254 e. The van der Waals surface area contributed by atoms with Gasteiger partial charge >= 0.3 is 0 Å². The van der Waals surface area contributed by atoms with E-state index < -0.39 is 11.9 Å². The first-order chi connectivity index (χ1) is 12.5. The van der Waals surface area contributed by atoms with Crippen LogP contribution in [0.1, 0.15) is 22.3 Å². The molecule has 0 unspecified atom stereocenters. The third-order valence-electron chi connectivity index (χ3n) is 4.56. The topological polar surface area (TPSA) is 85.0 Å². The molecular formula is C20H21N3O3. The van der Waals surface area contributed by atoms with Gasteiger partial charge in [-0.15, -0.1) is 0 Å². The van der Waals surface area contributed by atoms with Crippen LogP contribution < -0.4 is 5.73 Å². The molecule has 1 fully saturated rings. The molecule has 1 saturated heterocycles. The molecule has 3 rings (SSSR count). The zero-order valence-corrected chi connectivity index (χ0v) is 14.8. The average Bonchev–Trinajstić information content (AvgIpc) is 3.06. The second-order valence-corrected chi connectivity index (χ2v) is 6.29. The Morgan fingerprint density at radius 2 is 1.85 bits per heavy atom. The van der Waals surface area contributed by atoms with Crippen molar-refractivity contribution in [3.05, 3.63) is 59.7 Å². The summed E-state index contributed by atoms with van der Waals surface area (Å²) in [4.78, 5) is 30.8. The van der Waals surface area contributed by atoms with Crippen LogP contribution in [0.5, 0.6) is 0 Å². The normalized spacial score (nSPS) is 18.2. The number of primary amides is 1. The van der Waals surface area contributed by atoms with Gasteiger partial charge in [-0.05, 0) is 35.7 Å². The first kappa shape index (κ1) is 17.7. The molecule has 134 valence electrons. The van der Waals surface area contributed by atoms with Gasteiger partial charge in [-0.2, -0.15) is 0 Å². The summed E-state index contributed by atoms with van der Waals surface area (Å²) >= 11 is 0. The molecule has 26 heavy (non-hydrogen) atoms. The Bertz CT molecular complexity index is 859. The molecule has 6 nitrogen and oxygen atoms in total. The second kappa shape index (κ2) is 7.39. The summed E-state index contributed by atoms with van der Waals surface area (Å²) in [5, 5.41) is 3.86. The Kier molecular flexibility index (Phi) is 5.02. The molecule has 2 N–H and O–H groups in total. The van der Waals surface area contributed by atoms with Crippen molar-refractivity contribution in [2.24, 2.45) is 10.9 Å². The number of hydrogen-bond donors (Lipinski definition) is 1. The molecule has 6 heteroatoms. The largest absolute Gasteiger partial charge is 0.399 e. The molecule has 1 aliphatic rings. The van der Waals surface area contributed by atoms with Crippen LogP contribution in [-0.4, -0.2) is 42.1 Å². The van der Waals surface area contributed by atoms with Crippen LogP contribution in [0.3, 0.4) is 0 Å². The summed E-state index contributed by atoms with van der Waals surface area (Å²) in [5.41, 5.74) is 9.91. The highest BCUT2D eigenvalue weighted by molar-refractivity contribution is 6.05. The quantitative estimate of drug-likeness (QED) is 0.858. The van der Waals surface area contributed by atoms with E-state index in [0.29, 0.717) is 17.7 Å². The lowest BCUT2D eigenvalue weighted by atomic mass is 9.99. The number of benzene rings is 2. The predicted molar refractivity (Wildman–Crippen MR) is 99.7 cm³/mol. The van der Waals surface area contributed by atoms with Crippen molar-refractivity contribution in [3.8, 4) is 11.1 Å². The van der Waals surface area contributed by atoms with Crippen molar-refractivity contribution in [3.63, 3.8) is 0 Å². The number of likely N-dealkylation sites (tertiary alicyclic amines) is 1. The van der Waals surface area contributed by atoms with E-state index in [4.69, 9.17) is 10.6 Å². The number of carbonyl (C=O) groups is 2. The number of nitrogens with zero attached hydrogens (tertiary/aromatic N) is 2. The van der Waals surface area contributed by atoms with Crippen molar-refractivity contribution in [2.45, 2.75) is 19.4 Å². The van der Waals surface area contributed by atoms with Crippen LogP contribution in [-0.2, 0) is 9.63 Å². The number of hydrogen-bond acceptors (Lipinski definition) is 4. The number of rotatable bonds is 4. The fourth-order valence-corrected chi connectivity index (χ4v) is 3.22. The fraction of sp³-hybridized carbons (Fsp3) is 0.250. The summed E-state index contributed by atoms with van der Waals surface area (Å²) in [7, 11) is 1.43. The molecule has 0 radical (unpaired) electrons. The molecule has 2 amide bonds. The summed E-state index contributed by atoms with van der Waals surface area (Å²) < 4.78 is 0. The van der Waals surface area contributed by atoms with E-state index >= 15 is 0 Å². The van der Waals surface area contributed by atoms with E-state index in [-0.39, 0.29) is 12.5 Å². The van der Waals surface area contributed by atoms with Crippen LogP contribution in [0.15, 0.2) is 53.7 Å². The summed E-state index contributed by atoms with van der Waals surface area (Å²) in [6.45, 7) is 2.28. The van der Waals surface area contributed by atoms with Crippen LogP contribution >= 0.6 is 0 Å². The number of aryl methyl sites for hydroxylation is 1. The Hall–Kier alpha value is -3.15. The molecule has 1 heterocycles. The standard InChI is InChI=1S/C20H21N3O3/c1-13-5-3-4-6-17(13)14-7-9-15(10-8-14)20(25)23-12-16(22-26-2)11-18(23)19(21)24/h3-10,18H,11-12H2,1-2H3,(H2,21,24)/t18-/m0/s1. The Labute approximate surface area is 152 Å². The van der Waals surface area contributed by atoms with Crippen LogP contribution in [0.2, 0.25) is 0 Å². The third-order valence-corrected chi connectivity index (χ3v) is 4.56. The minimum Gasteiger partial charge on any atom is -0.399 e. The minimum atomic E-state index is -0.701. The van der Waals surface area contributed by atoms with Gasteiger partial charge in [-0.1, -0.05) is 41.6 Å². The van der Waals surface area contributed by atoms with Gasteiger partial charge in [0.2, 0.25) is 5.91 Å². The average molecular weight is 351 g/mol. The Morgan fingerprint density at radius 3 is 2.46 bits per heavy atom. The van der Waals surface area contributed by atoms with E-state index in [1.807, 2.05) is 43.3 Å². The molecule has 0 spiro atoms. The Balaban J connectivity index is 1.85. The van der Waals surface area contributed by atoms with Gasteiger partial charge in [0.1, 0.15) is 13.2 Å². The Morgan fingerprint density at radius 1 is 1.15 bits per heavy atom. The second-order valence-electron chi connectivity index (χ2n) is 6.29. The van der Waals surface area contributed by atoms with Gasteiger partial charge in [-0.25, -0.2) is 0 Å². The minimum absolute atomic E-state index is 0.236. The molecule has 2 aromatic carbocycles. The fourth-order valence-electron chi connectivity index (χ4n) is 3.22. The van der Waals surface area contributed by atoms with Crippen molar-refractivity contribution in [1.29, 1.82) is 0 Å². The van der Waals surface area contributed by atoms with E-state index in [9.17, 15) is 9.59 Å². The monoisotopic (exact) mass is 351 g/mol. The molecular weight excluding hydrogens is 330 g/mol. The smallest absolute Gasteiger partial charge is 0.254 e. The van der Waals surface area contributed by atoms with Gasteiger partial charge in [0.05, 0.1) is 12.3 Å². The lowest BCUT2D eigenvalue weighted by Crippen LogP contribution is -2.43. The molecule has 0 saturated carbocycles. The molecule has 0 aromatic heterocycles. The highest BCUT2D eigenvalue weighted by Gasteiger charge is 2.37. The van der Waals surface area contributed by atoms with Gasteiger partial charge in [0.15, 0.2) is 0 Å². The maximum atomic E-state index is 12.8. The van der Waals surface area contributed by atoms with Gasteiger partial charge in [-0.3, -0.25) is 9.59 Å². The highest BCUT2D eigenvalue weighted by Crippen LogP contribution is 2.25. The summed E-state index contributed by atoms with van der Waals surface area (Å²) in [5.74, 6) is -0.789. The number of amides is 2. The zero-order valence-electron chi connectivity index (χ0n) is 14.8. The van der Waals surface area contributed by atoms with Gasteiger partial charge < -0.3 is 15.5 Å². The molecule has 0 bridgehead atoms. The van der Waals surface area contributed by atoms with E-state index in [1.165, 1.54) is 17.6 Å². The molecule has 1 atom stereocenters. The lowest BCUT2D eigenvalue weighted by molar-refractivity contribution is -0.121. The highest BCUT2D eigenvalue weighted by atomic mass is 16.6. The van der Waals surface area contributed by atoms with E-state index in [1.54, 1.807) is 12.1 Å². The predicted octanol–water partition coefficient (Wildman–Crippen LogP) is 2.36. The van der Waals surface area contributed by atoms with Gasteiger partial charge in [0, 0.05) is 12.0 Å². The number of carbonyl (C=O) groups excluding carboxylic acids is 2. The SMILES string of the molecule is CON=C1C[C@@H](C(N)=O)N(C(=O)c2ccc(-c3ccccc3C)cc2)C1. The summed E-state index contributed by atoms with van der Waals surface area (Å²) in [6, 6.07) is 14.7. The van der Waals surface area contributed by atoms with Crippen molar-refractivity contribution >= 4 is 17.5 Å². The first-order valence-corrected chi connectivity index (χ1v) is 8.36. The van der Waals surface area contributed by atoms with E-state index in [2.05, 4.69) is 5.16 Å². The molecule has 2 aromatic rings. The van der Waals surface area contributed by atoms with Crippen molar-refractivity contribution in [1.82, 2.24) is 4.90 Å². The third kappa shape index (κ3) is 3.44. The van der Waals surface area contributed by atoms with Crippen molar-refractivity contribution < 1.29 is 14.4 Å². The van der Waals surface area contributed by atoms with E-state index in [0.717, 1.165) is 11.1 Å². The number of nitrogens with two attached hydrogens (primary N) is 1. The summed E-state index contributed by atoms with van der Waals surface area (Å²) in [6.07, 6.45) is 0.302.